The molecule has 1 unspecified atom stereocenters. The molecule has 0 fully saturated rings. The van der Waals surface area contributed by atoms with Gasteiger partial charge in [-0.15, -0.1) is 0 Å². The Hall–Kier alpha value is -4.58. The van der Waals surface area contributed by atoms with Gasteiger partial charge >= 0.3 is 11.9 Å². The van der Waals surface area contributed by atoms with Crippen LogP contribution in [0.1, 0.15) is 31.0 Å². The van der Waals surface area contributed by atoms with Gasteiger partial charge in [0.05, 0.1) is 41.0 Å². The number of aromatic nitrogens is 1. The summed E-state index contributed by atoms with van der Waals surface area (Å²) in [7, 11) is 2.65. The van der Waals surface area contributed by atoms with E-state index in [2.05, 4.69) is 4.99 Å². The Morgan fingerprint density at radius 3 is 2.43 bits per heavy atom. The molecule has 2 aromatic carbocycles. The lowest BCUT2D eigenvalue weighted by Gasteiger charge is -2.25. The number of esters is 2. The zero-order chi connectivity index (χ0) is 26.9. The van der Waals surface area contributed by atoms with Crippen LogP contribution in [0, 0.1) is 10.1 Å². The van der Waals surface area contributed by atoms with Crippen LogP contribution in [-0.4, -0.2) is 35.6 Å². The molecule has 0 bridgehead atoms. The Morgan fingerprint density at radius 2 is 1.84 bits per heavy atom. The minimum atomic E-state index is -0.900. The fourth-order valence-electron chi connectivity index (χ4n) is 3.95. The van der Waals surface area contributed by atoms with E-state index in [-0.39, 0.29) is 22.8 Å². The topological polar surface area (TPSA) is 139 Å². The van der Waals surface area contributed by atoms with Crippen molar-refractivity contribution < 1.29 is 28.7 Å². The van der Waals surface area contributed by atoms with Crippen LogP contribution in [0.3, 0.4) is 0 Å². The van der Waals surface area contributed by atoms with Crippen molar-refractivity contribution in [2.24, 2.45) is 4.99 Å². The smallest absolute Gasteiger partial charge is 0.338 e. The summed E-state index contributed by atoms with van der Waals surface area (Å²) in [5, 5.41) is 10.9. The molecular weight excluding hydrogens is 502 g/mol. The van der Waals surface area contributed by atoms with Gasteiger partial charge in [0, 0.05) is 19.1 Å². The maximum absolute atomic E-state index is 13.6. The number of carbonyl (C=O) groups is 2. The summed E-state index contributed by atoms with van der Waals surface area (Å²) in [5.74, 6) is -0.764. The minimum Gasteiger partial charge on any atom is -0.493 e. The van der Waals surface area contributed by atoms with Crippen LogP contribution in [-0.2, 0) is 14.3 Å². The van der Waals surface area contributed by atoms with Gasteiger partial charge in [0.1, 0.15) is 0 Å². The summed E-state index contributed by atoms with van der Waals surface area (Å²) < 4.78 is 17.3. The number of nitro benzene ring substituents is 1. The quantitative estimate of drug-likeness (QED) is 0.207. The van der Waals surface area contributed by atoms with Crippen molar-refractivity contribution >= 4 is 35.0 Å². The molecule has 2 heterocycles. The molecule has 0 saturated heterocycles. The number of rotatable bonds is 6. The van der Waals surface area contributed by atoms with Crippen molar-refractivity contribution in [1.82, 2.24) is 4.57 Å². The van der Waals surface area contributed by atoms with Gasteiger partial charge in [0.25, 0.3) is 11.2 Å². The van der Waals surface area contributed by atoms with Crippen LogP contribution in [0.5, 0.6) is 11.5 Å². The molecule has 1 atom stereocenters. The Balaban J connectivity index is 1.92. The molecule has 3 aromatic rings. The summed E-state index contributed by atoms with van der Waals surface area (Å²) in [6, 6.07) is 9.60. The van der Waals surface area contributed by atoms with Crippen LogP contribution in [0.4, 0.5) is 5.69 Å². The van der Waals surface area contributed by atoms with Gasteiger partial charge in [-0.25, -0.2) is 9.79 Å². The van der Waals surface area contributed by atoms with Gasteiger partial charge < -0.3 is 14.2 Å². The van der Waals surface area contributed by atoms with Crippen molar-refractivity contribution in [3.63, 3.8) is 0 Å². The van der Waals surface area contributed by atoms with Crippen molar-refractivity contribution in [2.75, 3.05) is 14.2 Å². The summed E-state index contributed by atoms with van der Waals surface area (Å²) in [6.07, 6.45) is 1.60. The molecule has 0 spiro atoms. The molecule has 1 aliphatic rings. The average Bonchev–Trinajstić information content (AvgIpc) is 3.17. The molecule has 1 aliphatic heterocycles. The molecular formula is C25H21N3O8S. The molecule has 0 amide bonds. The third-order valence-electron chi connectivity index (χ3n) is 5.59. The van der Waals surface area contributed by atoms with Gasteiger partial charge in [0.2, 0.25) is 0 Å². The van der Waals surface area contributed by atoms with E-state index in [1.165, 1.54) is 56.0 Å². The van der Waals surface area contributed by atoms with Gasteiger partial charge in [-0.2, -0.15) is 0 Å². The lowest BCUT2D eigenvalue weighted by molar-refractivity contribution is -0.384. The molecule has 12 heteroatoms. The molecule has 0 N–H and O–H groups in total. The first kappa shape index (κ1) is 25.5. The van der Waals surface area contributed by atoms with Crippen LogP contribution in [0.15, 0.2) is 63.5 Å². The highest BCUT2D eigenvalue weighted by atomic mass is 32.1. The largest absolute Gasteiger partial charge is 0.493 e. The number of hydrogen-bond acceptors (Lipinski definition) is 10. The van der Waals surface area contributed by atoms with Crippen LogP contribution >= 0.6 is 11.3 Å². The second kappa shape index (κ2) is 10.2. The van der Waals surface area contributed by atoms with Crippen molar-refractivity contribution in [3.05, 3.63) is 94.7 Å². The third kappa shape index (κ3) is 4.91. The Labute approximate surface area is 213 Å². The van der Waals surface area contributed by atoms with Crippen LogP contribution in [0.2, 0.25) is 0 Å². The van der Waals surface area contributed by atoms with E-state index < -0.39 is 28.5 Å². The third-order valence-corrected chi connectivity index (χ3v) is 6.57. The van der Waals surface area contributed by atoms with E-state index in [4.69, 9.17) is 14.2 Å². The lowest BCUT2D eigenvalue weighted by atomic mass is 9.95. The van der Waals surface area contributed by atoms with Gasteiger partial charge in [-0.3, -0.25) is 24.3 Å². The first-order valence-electron chi connectivity index (χ1n) is 10.9. The second-order valence-corrected chi connectivity index (χ2v) is 8.94. The van der Waals surface area contributed by atoms with E-state index in [0.717, 1.165) is 11.3 Å². The van der Waals surface area contributed by atoms with E-state index in [0.29, 0.717) is 26.2 Å². The second-order valence-electron chi connectivity index (χ2n) is 7.93. The fourth-order valence-corrected chi connectivity index (χ4v) is 4.99. The molecule has 0 saturated carbocycles. The normalized spacial score (nSPS) is 15.0. The molecule has 0 radical (unpaired) electrons. The average molecular weight is 524 g/mol. The van der Waals surface area contributed by atoms with Crippen LogP contribution in [0.25, 0.3) is 6.08 Å². The number of nitrogens with zero attached hydrogens (tertiary/aromatic N) is 3. The number of ether oxygens (including phenoxy) is 3. The predicted octanol–water partition coefficient (Wildman–Crippen LogP) is 2.25. The monoisotopic (exact) mass is 523 g/mol. The van der Waals surface area contributed by atoms with E-state index in [9.17, 15) is 24.5 Å². The Bertz CT molecular complexity index is 1630. The van der Waals surface area contributed by atoms with Crippen LogP contribution < -0.4 is 24.4 Å². The standard InChI is InChI=1S/C25H21N3O8S/c1-13-21(24(31)35-4)22(16-7-10-18(36-14(2)29)19(12-16)34-3)27-23(30)20(37-25(27)26-13)11-15-5-8-17(9-6-15)28(32)33/h5-12,22H,1-4H3/b20-11-. The van der Waals surface area contributed by atoms with Crippen molar-refractivity contribution in [2.45, 2.75) is 19.9 Å². The molecule has 11 nitrogen and oxygen atoms in total. The summed E-state index contributed by atoms with van der Waals surface area (Å²) >= 11 is 1.12. The SMILES string of the molecule is COC(=O)C1=C(C)N=c2s/c(=C\c3ccc([N+](=O)[O-])cc3)c(=O)n2C1c1ccc(OC(C)=O)c(OC)c1. The molecule has 4 rings (SSSR count). The van der Waals surface area contributed by atoms with Gasteiger partial charge in [-0.05, 0) is 48.4 Å². The van der Waals surface area contributed by atoms with Gasteiger partial charge in [-0.1, -0.05) is 17.4 Å². The summed E-state index contributed by atoms with van der Waals surface area (Å²) in [6.45, 7) is 2.91. The number of allylic oxidation sites excluding steroid dienone is 1. The number of thiazole rings is 1. The highest BCUT2D eigenvalue weighted by molar-refractivity contribution is 7.07. The number of nitro groups is 1. The number of non-ortho nitro benzene ring substituents is 1. The minimum absolute atomic E-state index is 0.0666. The van der Waals surface area contributed by atoms with Crippen molar-refractivity contribution in [3.8, 4) is 11.5 Å². The molecule has 1 aromatic heterocycles. The molecule has 190 valence electrons. The Morgan fingerprint density at radius 1 is 1.14 bits per heavy atom. The molecule has 37 heavy (non-hydrogen) atoms. The fraction of sp³-hybridized carbons (Fsp3) is 0.200. The number of carbonyl (C=O) groups excluding carboxylic acids is 2. The summed E-state index contributed by atoms with van der Waals surface area (Å²) in [5.41, 5.74) is 1.16. The maximum atomic E-state index is 13.6. The number of fused-ring (bicyclic) bond motifs is 1. The van der Waals surface area contributed by atoms with Gasteiger partial charge in [0.15, 0.2) is 16.3 Å². The first-order valence-corrected chi connectivity index (χ1v) is 11.7. The maximum Gasteiger partial charge on any atom is 0.338 e. The predicted molar refractivity (Wildman–Crippen MR) is 133 cm³/mol. The number of methoxy groups -OCH3 is 2. The first-order chi connectivity index (χ1) is 17.6. The zero-order valence-corrected chi connectivity index (χ0v) is 21.0. The highest BCUT2D eigenvalue weighted by Crippen LogP contribution is 2.36. The zero-order valence-electron chi connectivity index (χ0n) is 20.2. The van der Waals surface area contributed by atoms with E-state index >= 15 is 0 Å². The number of benzene rings is 2. The van der Waals surface area contributed by atoms with E-state index in [1.54, 1.807) is 25.1 Å². The summed E-state index contributed by atoms with van der Waals surface area (Å²) in [4.78, 5) is 53.2. The lowest BCUT2D eigenvalue weighted by Crippen LogP contribution is -2.39. The number of hydrogen-bond donors (Lipinski definition) is 0. The highest BCUT2D eigenvalue weighted by Gasteiger charge is 2.33. The Kier molecular flexibility index (Phi) is 7.02. The van der Waals surface area contributed by atoms with E-state index in [1.807, 2.05) is 0 Å². The van der Waals surface area contributed by atoms with Crippen molar-refractivity contribution in [1.29, 1.82) is 0 Å². The molecule has 0 aliphatic carbocycles.